The van der Waals surface area contributed by atoms with E-state index in [-0.39, 0.29) is 15.6 Å². The number of anilines is 1. The average molecular weight is 443 g/mol. The van der Waals surface area contributed by atoms with Gasteiger partial charge in [0, 0.05) is 10.6 Å². The van der Waals surface area contributed by atoms with Gasteiger partial charge in [-0.2, -0.15) is 8.78 Å². The van der Waals surface area contributed by atoms with Crippen molar-refractivity contribution >= 4 is 41.0 Å². The minimum atomic E-state index is -4.37. The number of carbonyl (C=O) groups excluding carboxylic acids is 2. The van der Waals surface area contributed by atoms with Gasteiger partial charge in [0.25, 0.3) is 5.91 Å². The third-order valence-corrected chi connectivity index (χ3v) is 4.56. The topological polar surface area (TPSA) is 58.2 Å². The van der Waals surface area contributed by atoms with Crippen LogP contribution in [0.2, 0.25) is 5.02 Å². The molecular formula is C16H9ClF6N2O2S. The molecule has 0 atom stereocenters. The number of halogens is 7. The first kappa shape index (κ1) is 21.9. The van der Waals surface area contributed by atoms with Crippen LogP contribution in [-0.2, 0) is 0 Å². The Morgan fingerprint density at radius 3 is 2.21 bits per heavy atom. The second-order valence-electron chi connectivity index (χ2n) is 5.11. The summed E-state index contributed by atoms with van der Waals surface area (Å²) in [4.78, 5) is 23.2. The first-order valence-electron chi connectivity index (χ1n) is 7.22. The number of rotatable bonds is 5. The third kappa shape index (κ3) is 5.32. The Morgan fingerprint density at radius 1 is 1.07 bits per heavy atom. The average Bonchev–Trinajstić information content (AvgIpc) is 2.56. The van der Waals surface area contributed by atoms with Crippen molar-refractivity contribution in [2.24, 2.45) is 0 Å². The Morgan fingerprint density at radius 2 is 1.68 bits per heavy atom. The number of carbonyl (C=O) groups is 2. The zero-order chi connectivity index (χ0) is 21.1. The molecule has 0 saturated heterocycles. The van der Waals surface area contributed by atoms with Crippen LogP contribution in [0.15, 0.2) is 41.3 Å². The van der Waals surface area contributed by atoms with Gasteiger partial charge in [-0.15, -0.1) is 0 Å². The van der Waals surface area contributed by atoms with Crippen molar-refractivity contribution in [2.45, 2.75) is 16.6 Å². The summed E-state index contributed by atoms with van der Waals surface area (Å²) >= 11 is 5.27. The monoisotopic (exact) mass is 442 g/mol. The fraction of sp³-hybridized carbons (Fsp3) is 0.125. The van der Waals surface area contributed by atoms with E-state index in [2.05, 4.69) is 5.32 Å². The Labute approximate surface area is 163 Å². The molecule has 0 bridgehead atoms. The van der Waals surface area contributed by atoms with E-state index in [1.54, 1.807) is 5.32 Å². The molecule has 2 N–H and O–H groups in total. The highest BCUT2D eigenvalue weighted by atomic mass is 35.5. The minimum absolute atomic E-state index is 0.0889. The van der Waals surface area contributed by atoms with E-state index < -0.39 is 52.6 Å². The van der Waals surface area contributed by atoms with Crippen molar-refractivity contribution < 1.29 is 35.9 Å². The maximum Gasteiger partial charge on any atom is 0.357 e. The number of benzene rings is 2. The largest absolute Gasteiger partial charge is 0.357 e. The number of alkyl halides is 4. The van der Waals surface area contributed by atoms with E-state index in [1.165, 1.54) is 0 Å². The van der Waals surface area contributed by atoms with Gasteiger partial charge >= 0.3 is 17.7 Å². The predicted octanol–water partition coefficient (Wildman–Crippen LogP) is 5.53. The van der Waals surface area contributed by atoms with Gasteiger partial charge in [-0.1, -0.05) is 17.7 Å². The van der Waals surface area contributed by atoms with Crippen LogP contribution in [0.3, 0.4) is 0 Å². The molecule has 3 amide bonds. The summed E-state index contributed by atoms with van der Waals surface area (Å²) in [6.07, 6.45) is -3.91. The molecule has 0 radical (unpaired) electrons. The lowest BCUT2D eigenvalue weighted by atomic mass is 10.2. The lowest BCUT2D eigenvalue weighted by Gasteiger charge is -2.15. The number of amides is 3. The quantitative estimate of drug-likeness (QED) is 0.473. The van der Waals surface area contributed by atoms with E-state index in [4.69, 9.17) is 11.6 Å². The lowest BCUT2D eigenvalue weighted by Crippen LogP contribution is -2.35. The van der Waals surface area contributed by atoms with E-state index in [0.29, 0.717) is 0 Å². The SMILES string of the molecule is O=C(NC(=O)c1c(F)cccc1F)Nc1ccc(SC(F)(F)C(F)F)c(Cl)c1. The molecule has 0 aromatic heterocycles. The van der Waals surface area contributed by atoms with E-state index >= 15 is 0 Å². The number of nitrogens with one attached hydrogen (secondary N) is 2. The molecule has 2 rings (SSSR count). The normalized spacial score (nSPS) is 11.4. The van der Waals surface area contributed by atoms with Gasteiger partial charge in [0.1, 0.15) is 17.2 Å². The van der Waals surface area contributed by atoms with Crippen LogP contribution >= 0.6 is 23.4 Å². The van der Waals surface area contributed by atoms with Crippen LogP contribution in [0.4, 0.5) is 36.8 Å². The molecular weight excluding hydrogens is 434 g/mol. The zero-order valence-corrected chi connectivity index (χ0v) is 15.0. The highest BCUT2D eigenvalue weighted by Crippen LogP contribution is 2.43. The van der Waals surface area contributed by atoms with Crippen LogP contribution in [0.5, 0.6) is 0 Å². The molecule has 0 spiro atoms. The summed E-state index contributed by atoms with van der Waals surface area (Å²) < 4.78 is 77.6. The van der Waals surface area contributed by atoms with Crippen LogP contribution in [0.1, 0.15) is 10.4 Å². The first-order chi connectivity index (χ1) is 13.0. The maximum absolute atomic E-state index is 13.5. The van der Waals surface area contributed by atoms with Gasteiger partial charge < -0.3 is 5.32 Å². The van der Waals surface area contributed by atoms with Crippen LogP contribution < -0.4 is 10.6 Å². The highest BCUT2D eigenvalue weighted by Gasteiger charge is 2.42. The molecule has 0 fully saturated rings. The summed E-state index contributed by atoms with van der Waals surface area (Å²) in [5.41, 5.74) is -1.06. The molecule has 0 heterocycles. The molecule has 0 saturated carbocycles. The predicted molar refractivity (Wildman–Crippen MR) is 91.1 cm³/mol. The number of urea groups is 1. The molecule has 0 aliphatic heterocycles. The summed E-state index contributed by atoms with van der Waals surface area (Å²) in [6, 6.07) is 4.46. The Hall–Kier alpha value is -2.40. The minimum Gasteiger partial charge on any atom is -0.308 e. The summed E-state index contributed by atoms with van der Waals surface area (Å²) in [5.74, 6) is -3.73. The van der Waals surface area contributed by atoms with Gasteiger partial charge in [-0.3, -0.25) is 10.1 Å². The number of hydrogen-bond acceptors (Lipinski definition) is 3. The van der Waals surface area contributed by atoms with Crippen molar-refractivity contribution in [1.29, 1.82) is 0 Å². The third-order valence-electron chi connectivity index (χ3n) is 3.11. The van der Waals surface area contributed by atoms with Gasteiger partial charge in [-0.25, -0.2) is 22.4 Å². The van der Waals surface area contributed by atoms with Crippen molar-refractivity contribution in [3.05, 3.63) is 58.6 Å². The molecule has 0 unspecified atom stereocenters. The molecule has 28 heavy (non-hydrogen) atoms. The number of thioether (sulfide) groups is 1. The second kappa shape index (κ2) is 8.74. The van der Waals surface area contributed by atoms with E-state index in [0.717, 1.165) is 36.4 Å². The van der Waals surface area contributed by atoms with Gasteiger partial charge in [0.15, 0.2) is 0 Å². The number of hydrogen-bond donors (Lipinski definition) is 2. The number of imide groups is 1. The van der Waals surface area contributed by atoms with Crippen molar-refractivity contribution in [2.75, 3.05) is 5.32 Å². The van der Waals surface area contributed by atoms with Gasteiger partial charge in [0.05, 0.1) is 5.02 Å². The molecule has 0 aliphatic carbocycles. The van der Waals surface area contributed by atoms with Crippen LogP contribution in [-0.4, -0.2) is 23.6 Å². The maximum atomic E-state index is 13.5. The Kier molecular flexibility index (Phi) is 6.83. The summed E-state index contributed by atoms with van der Waals surface area (Å²) in [6.45, 7) is 0. The highest BCUT2D eigenvalue weighted by molar-refractivity contribution is 8.00. The Bertz CT molecular complexity index is 892. The summed E-state index contributed by atoms with van der Waals surface area (Å²) in [5, 5.41) is -0.968. The van der Waals surface area contributed by atoms with Gasteiger partial charge in [-0.05, 0) is 42.1 Å². The fourth-order valence-electron chi connectivity index (χ4n) is 1.90. The van der Waals surface area contributed by atoms with Gasteiger partial charge in [0.2, 0.25) is 0 Å². The molecule has 12 heteroatoms. The molecule has 150 valence electrons. The smallest absolute Gasteiger partial charge is 0.308 e. The molecule has 2 aromatic carbocycles. The van der Waals surface area contributed by atoms with Crippen molar-refractivity contribution in [3.8, 4) is 0 Å². The van der Waals surface area contributed by atoms with Crippen molar-refractivity contribution in [1.82, 2.24) is 5.32 Å². The standard InChI is InChI=1S/C16H9ClF6N2O2S/c17-8-6-7(4-5-11(8)28-16(22,23)14(20)21)24-15(27)25-13(26)12-9(18)2-1-3-10(12)19/h1-6,14H,(H2,24,25,26,27). The van der Waals surface area contributed by atoms with E-state index in [9.17, 15) is 35.9 Å². The van der Waals surface area contributed by atoms with Crippen molar-refractivity contribution in [3.63, 3.8) is 0 Å². The summed E-state index contributed by atoms with van der Waals surface area (Å²) in [7, 11) is 0. The Balaban J connectivity index is 2.06. The fourth-order valence-corrected chi connectivity index (χ4v) is 2.87. The van der Waals surface area contributed by atoms with Crippen LogP contribution in [0, 0.1) is 11.6 Å². The molecule has 0 aliphatic rings. The van der Waals surface area contributed by atoms with E-state index in [1.807, 2.05) is 0 Å². The zero-order valence-electron chi connectivity index (χ0n) is 13.4. The molecule has 4 nitrogen and oxygen atoms in total. The molecule has 2 aromatic rings. The first-order valence-corrected chi connectivity index (χ1v) is 8.41. The lowest BCUT2D eigenvalue weighted by molar-refractivity contribution is -0.0563. The van der Waals surface area contributed by atoms with Crippen LogP contribution in [0.25, 0.3) is 0 Å². The second-order valence-corrected chi connectivity index (χ2v) is 6.71.